The van der Waals surface area contributed by atoms with Crippen LogP contribution in [0.1, 0.15) is 22.2 Å². The van der Waals surface area contributed by atoms with Gasteiger partial charge in [-0.1, -0.05) is 0 Å². The summed E-state index contributed by atoms with van der Waals surface area (Å²) in [6, 6.07) is 5.79. The van der Waals surface area contributed by atoms with Crippen molar-refractivity contribution in [3.63, 3.8) is 0 Å². The summed E-state index contributed by atoms with van der Waals surface area (Å²) in [5.41, 5.74) is 3.97. The van der Waals surface area contributed by atoms with Crippen LogP contribution in [0.3, 0.4) is 0 Å². The number of hydrazine groups is 1. The van der Waals surface area contributed by atoms with E-state index in [0.29, 0.717) is 0 Å². The summed E-state index contributed by atoms with van der Waals surface area (Å²) in [5, 5.41) is 0. The number of rotatable bonds is 3. The highest BCUT2D eigenvalue weighted by molar-refractivity contribution is 9.11. The lowest BCUT2D eigenvalue weighted by atomic mass is 10.2. The molecule has 1 unspecified atom stereocenters. The Morgan fingerprint density at radius 2 is 2.40 bits per heavy atom. The van der Waals surface area contributed by atoms with Crippen molar-refractivity contribution in [3.05, 3.63) is 44.4 Å². The van der Waals surface area contributed by atoms with E-state index in [0.717, 1.165) is 14.4 Å². The highest BCUT2D eigenvalue weighted by Crippen LogP contribution is 2.33. The molecule has 80 valence electrons. The molecule has 0 aliphatic heterocycles. The first kappa shape index (κ1) is 10.9. The second-order valence-corrected chi connectivity index (χ2v) is 5.62. The Kier molecular flexibility index (Phi) is 3.25. The molecule has 5 heteroatoms. The number of hydrogen-bond donors (Lipinski definition) is 2. The topological polar surface area (TPSA) is 51.2 Å². The fourth-order valence-corrected chi connectivity index (χ4v) is 3.03. The Balaban J connectivity index is 2.35. The standard InChI is InChI=1S/C10H11BrN2OS/c1-6-5-8(15-10(6)11)9(13-12)7-3-2-4-14-7/h2-5,9,13H,12H2,1H3. The normalized spacial score (nSPS) is 13.0. The smallest absolute Gasteiger partial charge is 0.127 e. The molecule has 2 aromatic rings. The Morgan fingerprint density at radius 3 is 2.87 bits per heavy atom. The Morgan fingerprint density at radius 1 is 1.60 bits per heavy atom. The fraction of sp³-hybridized carbons (Fsp3) is 0.200. The van der Waals surface area contributed by atoms with E-state index in [4.69, 9.17) is 10.3 Å². The maximum Gasteiger partial charge on any atom is 0.127 e. The number of halogens is 1. The molecule has 0 fully saturated rings. The van der Waals surface area contributed by atoms with Crippen molar-refractivity contribution in [1.82, 2.24) is 5.43 Å². The van der Waals surface area contributed by atoms with Gasteiger partial charge in [-0.2, -0.15) is 0 Å². The van der Waals surface area contributed by atoms with Crippen LogP contribution in [0, 0.1) is 6.92 Å². The van der Waals surface area contributed by atoms with Crippen LogP contribution in [0.15, 0.2) is 32.7 Å². The zero-order chi connectivity index (χ0) is 10.8. The molecule has 2 rings (SSSR count). The van der Waals surface area contributed by atoms with Crippen molar-refractivity contribution in [3.8, 4) is 0 Å². The molecule has 0 radical (unpaired) electrons. The van der Waals surface area contributed by atoms with Gasteiger partial charge >= 0.3 is 0 Å². The summed E-state index contributed by atoms with van der Waals surface area (Å²) >= 11 is 5.16. The average Bonchev–Trinajstić information content (AvgIpc) is 2.80. The molecular weight excluding hydrogens is 276 g/mol. The number of furan rings is 1. The number of aryl methyl sites for hydroxylation is 1. The molecule has 0 saturated heterocycles. The first-order valence-corrected chi connectivity index (χ1v) is 6.08. The first-order chi connectivity index (χ1) is 7.22. The molecule has 1 atom stereocenters. The largest absolute Gasteiger partial charge is 0.467 e. The van der Waals surface area contributed by atoms with Gasteiger partial charge in [0.25, 0.3) is 0 Å². The summed E-state index contributed by atoms with van der Waals surface area (Å²) in [6.07, 6.45) is 1.65. The lowest BCUT2D eigenvalue weighted by Crippen LogP contribution is -2.27. The van der Waals surface area contributed by atoms with Gasteiger partial charge in [-0.05, 0) is 46.6 Å². The molecule has 15 heavy (non-hydrogen) atoms. The van der Waals surface area contributed by atoms with Gasteiger partial charge in [0.05, 0.1) is 10.0 Å². The van der Waals surface area contributed by atoms with Gasteiger partial charge in [0, 0.05) is 4.88 Å². The van der Waals surface area contributed by atoms with E-state index in [1.165, 1.54) is 5.56 Å². The predicted molar refractivity (Wildman–Crippen MR) is 64.6 cm³/mol. The minimum absolute atomic E-state index is 0.0741. The van der Waals surface area contributed by atoms with Gasteiger partial charge in [0.1, 0.15) is 11.8 Å². The quantitative estimate of drug-likeness (QED) is 0.674. The van der Waals surface area contributed by atoms with E-state index in [-0.39, 0.29) is 6.04 Å². The van der Waals surface area contributed by atoms with Crippen molar-refractivity contribution in [2.45, 2.75) is 13.0 Å². The zero-order valence-electron chi connectivity index (χ0n) is 8.16. The molecule has 3 nitrogen and oxygen atoms in total. The van der Waals surface area contributed by atoms with Gasteiger partial charge in [0.15, 0.2) is 0 Å². The van der Waals surface area contributed by atoms with Crippen LogP contribution in [0.25, 0.3) is 0 Å². The summed E-state index contributed by atoms with van der Waals surface area (Å²) in [6.45, 7) is 2.06. The molecule has 0 aliphatic rings. The van der Waals surface area contributed by atoms with E-state index in [1.807, 2.05) is 12.1 Å². The molecule has 0 amide bonds. The minimum Gasteiger partial charge on any atom is -0.467 e. The van der Waals surface area contributed by atoms with Gasteiger partial charge in [-0.15, -0.1) is 11.3 Å². The fourth-order valence-electron chi connectivity index (χ4n) is 1.39. The van der Waals surface area contributed by atoms with E-state index in [2.05, 4.69) is 34.3 Å². The Hall–Kier alpha value is -0.620. The van der Waals surface area contributed by atoms with E-state index in [9.17, 15) is 0 Å². The van der Waals surface area contributed by atoms with Crippen LogP contribution in [-0.4, -0.2) is 0 Å². The highest BCUT2D eigenvalue weighted by atomic mass is 79.9. The average molecular weight is 287 g/mol. The third-order valence-corrected chi connectivity index (χ3v) is 4.36. The number of thiophene rings is 1. The third kappa shape index (κ3) is 2.15. The van der Waals surface area contributed by atoms with E-state index < -0.39 is 0 Å². The molecule has 0 aliphatic carbocycles. The molecular formula is C10H11BrN2OS. The van der Waals surface area contributed by atoms with Crippen LogP contribution in [-0.2, 0) is 0 Å². The highest BCUT2D eigenvalue weighted by Gasteiger charge is 2.18. The molecule has 0 saturated carbocycles. The molecule has 2 aromatic heterocycles. The number of hydrogen-bond acceptors (Lipinski definition) is 4. The maximum atomic E-state index is 5.54. The van der Waals surface area contributed by atoms with Crippen LogP contribution in [0.2, 0.25) is 0 Å². The molecule has 0 bridgehead atoms. The van der Waals surface area contributed by atoms with Crippen molar-refractivity contribution < 1.29 is 4.42 Å². The van der Waals surface area contributed by atoms with Gasteiger partial charge in [-0.3, -0.25) is 5.84 Å². The van der Waals surface area contributed by atoms with Crippen LogP contribution < -0.4 is 11.3 Å². The van der Waals surface area contributed by atoms with Gasteiger partial charge in [-0.25, -0.2) is 5.43 Å². The lowest BCUT2D eigenvalue weighted by Gasteiger charge is -2.10. The molecule has 3 N–H and O–H groups in total. The van der Waals surface area contributed by atoms with Crippen molar-refractivity contribution in [1.29, 1.82) is 0 Å². The minimum atomic E-state index is -0.0741. The van der Waals surface area contributed by atoms with E-state index >= 15 is 0 Å². The monoisotopic (exact) mass is 286 g/mol. The zero-order valence-corrected chi connectivity index (χ0v) is 10.6. The van der Waals surface area contributed by atoms with Gasteiger partial charge < -0.3 is 4.42 Å². The second kappa shape index (κ2) is 4.49. The third-order valence-electron chi connectivity index (χ3n) is 2.16. The Labute approximate surface area is 100 Å². The van der Waals surface area contributed by atoms with Crippen LogP contribution in [0.4, 0.5) is 0 Å². The first-order valence-electron chi connectivity index (χ1n) is 4.47. The summed E-state index contributed by atoms with van der Waals surface area (Å²) in [7, 11) is 0. The lowest BCUT2D eigenvalue weighted by molar-refractivity contribution is 0.455. The van der Waals surface area contributed by atoms with Gasteiger partial charge in [0.2, 0.25) is 0 Å². The van der Waals surface area contributed by atoms with E-state index in [1.54, 1.807) is 17.6 Å². The summed E-state index contributed by atoms with van der Waals surface area (Å²) < 4.78 is 6.47. The SMILES string of the molecule is Cc1cc(C(NN)c2ccco2)sc1Br. The maximum absolute atomic E-state index is 5.54. The summed E-state index contributed by atoms with van der Waals surface area (Å²) in [4.78, 5) is 1.14. The molecule has 0 aromatic carbocycles. The molecule has 0 spiro atoms. The van der Waals surface area contributed by atoms with Crippen molar-refractivity contribution >= 4 is 27.3 Å². The molecule has 2 heterocycles. The Bertz CT molecular complexity index is 419. The second-order valence-electron chi connectivity index (χ2n) is 3.22. The van der Waals surface area contributed by atoms with Crippen LogP contribution in [0.5, 0.6) is 0 Å². The van der Waals surface area contributed by atoms with Crippen LogP contribution >= 0.6 is 27.3 Å². The summed E-state index contributed by atoms with van der Waals surface area (Å²) in [5.74, 6) is 6.36. The predicted octanol–water partition coefficient (Wildman–Crippen LogP) is 2.96. The number of nitrogens with one attached hydrogen (secondary N) is 1. The van der Waals surface area contributed by atoms with Crippen molar-refractivity contribution in [2.75, 3.05) is 0 Å². The van der Waals surface area contributed by atoms with Crippen molar-refractivity contribution in [2.24, 2.45) is 5.84 Å². The number of nitrogens with two attached hydrogens (primary N) is 1.